The molecule has 2 aliphatic rings. The molecule has 0 radical (unpaired) electrons. The van der Waals surface area contributed by atoms with Gasteiger partial charge < -0.3 is 10.6 Å². The molecule has 1 saturated carbocycles. The fraction of sp³-hybridized carbons (Fsp3) is 0.421. The van der Waals surface area contributed by atoms with Crippen molar-refractivity contribution >= 4 is 24.0 Å². The van der Waals surface area contributed by atoms with Crippen molar-refractivity contribution in [3.8, 4) is 11.4 Å². The van der Waals surface area contributed by atoms with Crippen molar-refractivity contribution < 1.29 is 4.79 Å². The highest BCUT2D eigenvalue weighted by Crippen LogP contribution is 2.38. The molecule has 1 saturated heterocycles. The highest BCUT2D eigenvalue weighted by atomic mass is 35.5. The van der Waals surface area contributed by atoms with Crippen LogP contribution in [0.25, 0.3) is 11.4 Å². The Hall–Kier alpha value is -2.78. The summed E-state index contributed by atoms with van der Waals surface area (Å²) in [6.45, 7) is 1.92. The number of carbonyl (C=O) groups excluding carboxylic acids is 1. The second-order valence-corrected chi connectivity index (χ2v) is 7.42. The first kappa shape index (κ1) is 19.5. The summed E-state index contributed by atoms with van der Waals surface area (Å²) in [5.41, 5.74) is 1.86. The minimum absolute atomic E-state index is 0. The van der Waals surface area contributed by atoms with E-state index in [1.54, 1.807) is 10.9 Å². The molecule has 1 aliphatic heterocycles. The lowest BCUT2D eigenvalue weighted by molar-refractivity contribution is 0.102. The van der Waals surface area contributed by atoms with Gasteiger partial charge in [0.15, 0.2) is 11.5 Å². The van der Waals surface area contributed by atoms with Gasteiger partial charge in [-0.25, -0.2) is 9.67 Å². The maximum absolute atomic E-state index is 12.6. The Morgan fingerprint density at radius 3 is 2.79 bits per heavy atom. The number of H-pyrrole nitrogens is 1. The van der Waals surface area contributed by atoms with Crippen LogP contribution in [0.15, 0.2) is 30.5 Å². The number of nitrogens with zero attached hydrogens (tertiary/aromatic N) is 5. The monoisotopic (exact) mass is 414 g/mol. The topological polar surface area (TPSA) is 113 Å². The predicted octanol–water partition coefficient (Wildman–Crippen LogP) is 2.54. The van der Waals surface area contributed by atoms with Gasteiger partial charge in [-0.3, -0.25) is 9.89 Å². The number of amides is 1. The number of aromatic amines is 1. The molecule has 3 N–H and O–H groups in total. The molecule has 1 aliphatic carbocycles. The number of hydrogen-bond acceptors (Lipinski definition) is 6. The third kappa shape index (κ3) is 4.30. The SMILES string of the molecule is Cl.O=C(Nc1cccc(-c2n[nH]c(C3CC3)n2)c1)c1cn(C2CCNCC2)nn1. The van der Waals surface area contributed by atoms with Crippen molar-refractivity contribution in [1.29, 1.82) is 0 Å². The zero-order valence-corrected chi connectivity index (χ0v) is 16.7. The summed E-state index contributed by atoms with van der Waals surface area (Å²) < 4.78 is 1.80. The van der Waals surface area contributed by atoms with Gasteiger partial charge in [0.25, 0.3) is 5.91 Å². The van der Waals surface area contributed by atoms with E-state index < -0.39 is 0 Å². The van der Waals surface area contributed by atoms with E-state index >= 15 is 0 Å². The van der Waals surface area contributed by atoms with Gasteiger partial charge in [-0.1, -0.05) is 17.3 Å². The molecule has 10 heteroatoms. The van der Waals surface area contributed by atoms with Crippen LogP contribution in [0.3, 0.4) is 0 Å². The largest absolute Gasteiger partial charge is 0.321 e. The summed E-state index contributed by atoms with van der Waals surface area (Å²) in [5, 5.41) is 21.7. The first-order valence-corrected chi connectivity index (χ1v) is 9.73. The number of halogens is 1. The van der Waals surface area contributed by atoms with E-state index in [0.717, 1.165) is 37.3 Å². The van der Waals surface area contributed by atoms with Gasteiger partial charge in [0.1, 0.15) is 5.82 Å². The van der Waals surface area contributed by atoms with Gasteiger partial charge in [0, 0.05) is 17.2 Å². The molecule has 152 valence electrons. The van der Waals surface area contributed by atoms with E-state index in [9.17, 15) is 4.79 Å². The van der Waals surface area contributed by atoms with Gasteiger partial charge in [0.05, 0.1) is 12.2 Å². The predicted molar refractivity (Wildman–Crippen MR) is 110 cm³/mol. The molecule has 29 heavy (non-hydrogen) atoms. The number of piperidine rings is 1. The van der Waals surface area contributed by atoms with Crippen LogP contribution in [-0.2, 0) is 0 Å². The van der Waals surface area contributed by atoms with Crippen molar-refractivity contribution in [2.24, 2.45) is 0 Å². The second kappa shape index (κ2) is 8.30. The molecule has 5 rings (SSSR count). The van der Waals surface area contributed by atoms with Crippen molar-refractivity contribution in [3.63, 3.8) is 0 Å². The lowest BCUT2D eigenvalue weighted by Crippen LogP contribution is -2.29. The van der Waals surface area contributed by atoms with Crippen LogP contribution >= 0.6 is 12.4 Å². The number of nitrogens with one attached hydrogen (secondary N) is 3. The van der Waals surface area contributed by atoms with Gasteiger partial charge in [-0.15, -0.1) is 17.5 Å². The lowest BCUT2D eigenvalue weighted by atomic mass is 10.1. The third-order valence-electron chi connectivity index (χ3n) is 5.27. The number of anilines is 1. The van der Waals surface area contributed by atoms with E-state index in [0.29, 0.717) is 29.2 Å². The highest BCUT2D eigenvalue weighted by molar-refractivity contribution is 6.02. The molecule has 1 amide bonds. The Kier molecular flexibility index (Phi) is 5.59. The molecule has 0 bridgehead atoms. The van der Waals surface area contributed by atoms with Gasteiger partial charge in [-0.2, -0.15) is 5.10 Å². The summed E-state index contributed by atoms with van der Waals surface area (Å²) in [6, 6.07) is 7.82. The van der Waals surface area contributed by atoms with Crippen molar-refractivity contribution in [2.75, 3.05) is 18.4 Å². The van der Waals surface area contributed by atoms with E-state index in [-0.39, 0.29) is 18.3 Å². The van der Waals surface area contributed by atoms with Crippen molar-refractivity contribution in [3.05, 3.63) is 42.0 Å². The van der Waals surface area contributed by atoms with E-state index in [4.69, 9.17) is 0 Å². The van der Waals surface area contributed by atoms with Gasteiger partial charge >= 0.3 is 0 Å². The molecular weight excluding hydrogens is 392 g/mol. The summed E-state index contributed by atoms with van der Waals surface area (Å²) in [5.74, 6) is 1.84. The van der Waals surface area contributed by atoms with E-state index in [1.165, 1.54) is 12.8 Å². The van der Waals surface area contributed by atoms with Crippen molar-refractivity contribution in [2.45, 2.75) is 37.6 Å². The Labute approximate surface area is 174 Å². The minimum Gasteiger partial charge on any atom is -0.321 e. The average Bonchev–Trinajstić information content (AvgIpc) is 3.26. The maximum Gasteiger partial charge on any atom is 0.277 e. The summed E-state index contributed by atoms with van der Waals surface area (Å²) in [7, 11) is 0. The van der Waals surface area contributed by atoms with Crippen LogP contribution < -0.4 is 10.6 Å². The lowest BCUT2D eigenvalue weighted by Gasteiger charge is -2.22. The number of benzene rings is 1. The van der Waals surface area contributed by atoms with Crippen molar-refractivity contribution in [1.82, 2.24) is 35.5 Å². The van der Waals surface area contributed by atoms with Crippen LogP contribution in [0, 0.1) is 0 Å². The third-order valence-corrected chi connectivity index (χ3v) is 5.27. The molecule has 1 aromatic carbocycles. The summed E-state index contributed by atoms with van der Waals surface area (Å²) in [6.07, 6.45) is 6.05. The molecule has 0 atom stereocenters. The molecule has 0 spiro atoms. The molecule has 9 nitrogen and oxygen atoms in total. The zero-order chi connectivity index (χ0) is 18.9. The Morgan fingerprint density at radius 1 is 1.17 bits per heavy atom. The first-order valence-electron chi connectivity index (χ1n) is 9.73. The molecule has 3 aromatic rings. The standard InChI is InChI=1S/C19H22N8O.ClH/c28-19(16-11-27(26-23-16)15-6-8-20-9-7-15)21-14-3-1-2-13(10-14)18-22-17(24-25-18)12-4-5-12;/h1-3,10-12,15,20H,4-9H2,(H,21,28)(H,22,24,25);1H. The molecular formula is C19H23ClN8O. The molecule has 2 fully saturated rings. The van der Waals surface area contributed by atoms with Crippen LogP contribution in [0.4, 0.5) is 5.69 Å². The van der Waals surface area contributed by atoms with Gasteiger partial charge in [0.2, 0.25) is 0 Å². The van der Waals surface area contributed by atoms with Crippen LogP contribution in [0.5, 0.6) is 0 Å². The summed E-state index contributed by atoms with van der Waals surface area (Å²) >= 11 is 0. The fourth-order valence-corrected chi connectivity index (χ4v) is 3.50. The Bertz CT molecular complexity index is 990. The van der Waals surface area contributed by atoms with Crippen LogP contribution in [-0.4, -0.2) is 49.2 Å². The van der Waals surface area contributed by atoms with Gasteiger partial charge in [-0.05, 0) is 50.9 Å². The summed E-state index contributed by atoms with van der Waals surface area (Å²) in [4.78, 5) is 17.1. The number of rotatable bonds is 5. The van der Waals surface area contributed by atoms with E-state index in [1.807, 2.05) is 24.3 Å². The molecule has 0 unspecified atom stereocenters. The first-order chi connectivity index (χ1) is 13.8. The smallest absolute Gasteiger partial charge is 0.277 e. The zero-order valence-electron chi connectivity index (χ0n) is 15.8. The minimum atomic E-state index is -0.272. The normalized spacial score (nSPS) is 17.0. The number of hydrogen-bond donors (Lipinski definition) is 3. The van der Waals surface area contributed by atoms with Crippen LogP contribution in [0.1, 0.15) is 54.0 Å². The quantitative estimate of drug-likeness (QED) is 0.591. The Balaban J connectivity index is 0.00000205. The maximum atomic E-state index is 12.6. The number of aromatic nitrogens is 6. The Morgan fingerprint density at radius 2 is 2.00 bits per heavy atom. The van der Waals surface area contributed by atoms with Crippen LogP contribution in [0.2, 0.25) is 0 Å². The number of carbonyl (C=O) groups is 1. The molecule has 3 heterocycles. The highest BCUT2D eigenvalue weighted by Gasteiger charge is 2.27. The average molecular weight is 415 g/mol. The van der Waals surface area contributed by atoms with E-state index in [2.05, 4.69) is 36.1 Å². The molecule has 2 aromatic heterocycles. The fourth-order valence-electron chi connectivity index (χ4n) is 3.50. The second-order valence-electron chi connectivity index (χ2n) is 7.42.